The van der Waals surface area contributed by atoms with Crippen molar-refractivity contribution in [2.45, 2.75) is 12.5 Å². The summed E-state index contributed by atoms with van der Waals surface area (Å²) in [6, 6.07) is 3.43. The van der Waals surface area contributed by atoms with E-state index >= 15 is 0 Å². The minimum atomic E-state index is -0.414. The van der Waals surface area contributed by atoms with Crippen LogP contribution in [0.15, 0.2) is 16.6 Å². The third-order valence-electron chi connectivity index (χ3n) is 3.62. The Morgan fingerprint density at radius 2 is 2.15 bits per heavy atom. The van der Waals surface area contributed by atoms with Crippen LogP contribution >= 0.6 is 15.9 Å². The maximum absolute atomic E-state index is 12.9. The summed E-state index contributed by atoms with van der Waals surface area (Å²) >= 11 is 3.42. The lowest BCUT2D eigenvalue weighted by molar-refractivity contribution is 0.154. The van der Waals surface area contributed by atoms with Gasteiger partial charge in [-0.3, -0.25) is 9.29 Å². The second kappa shape index (κ2) is 7.24. The van der Waals surface area contributed by atoms with E-state index in [2.05, 4.69) is 26.1 Å². The van der Waals surface area contributed by atoms with E-state index in [0.29, 0.717) is 12.2 Å². The summed E-state index contributed by atoms with van der Waals surface area (Å²) < 4.78 is 18.9. The zero-order valence-electron chi connectivity index (χ0n) is 11.5. The molecule has 1 aliphatic rings. The van der Waals surface area contributed by atoms with Crippen LogP contribution in [0, 0.1) is 0 Å². The molecule has 0 bridgehead atoms. The molecule has 1 saturated heterocycles. The number of benzene rings is 1. The van der Waals surface area contributed by atoms with E-state index < -0.39 is 6.67 Å². The molecule has 20 heavy (non-hydrogen) atoms. The largest absolute Gasteiger partial charge is 0.504 e. The van der Waals surface area contributed by atoms with Crippen LogP contribution in [0.4, 0.5) is 4.39 Å². The Hall–Kier alpha value is -0.850. The number of halogens is 2. The highest BCUT2D eigenvalue weighted by molar-refractivity contribution is 9.10. The van der Waals surface area contributed by atoms with Gasteiger partial charge in [0.1, 0.15) is 0 Å². The van der Waals surface area contributed by atoms with Gasteiger partial charge in [-0.25, -0.2) is 0 Å². The lowest BCUT2D eigenvalue weighted by Gasteiger charge is -2.35. The van der Waals surface area contributed by atoms with Gasteiger partial charge in [0, 0.05) is 42.3 Å². The van der Waals surface area contributed by atoms with E-state index in [9.17, 15) is 9.50 Å². The summed E-state index contributed by atoms with van der Waals surface area (Å²) in [4.78, 5) is 2.21. The van der Waals surface area contributed by atoms with Gasteiger partial charge in [-0.05, 0) is 18.6 Å². The quantitative estimate of drug-likeness (QED) is 0.859. The van der Waals surface area contributed by atoms with Gasteiger partial charge >= 0.3 is 0 Å². The zero-order chi connectivity index (χ0) is 14.5. The molecular weight excluding hydrogens is 327 g/mol. The first-order chi connectivity index (χ1) is 9.67. The number of hydrogen-bond acceptors (Lipinski definition) is 4. The Morgan fingerprint density at radius 1 is 1.45 bits per heavy atom. The van der Waals surface area contributed by atoms with Gasteiger partial charge in [-0.1, -0.05) is 15.9 Å². The minimum Gasteiger partial charge on any atom is -0.504 e. The van der Waals surface area contributed by atoms with E-state index in [4.69, 9.17) is 4.74 Å². The molecule has 0 saturated carbocycles. The second-order valence-corrected chi connectivity index (χ2v) is 5.74. The predicted molar refractivity (Wildman–Crippen MR) is 80.1 cm³/mol. The SMILES string of the molecule is COc1cc(Br)cc([C@H](CCF)N2CCNCC2)c1O. The average Bonchev–Trinajstić information content (AvgIpc) is 2.48. The maximum Gasteiger partial charge on any atom is 0.162 e. The number of phenolic OH excluding ortho intramolecular Hbond substituents is 1. The molecule has 0 spiro atoms. The van der Waals surface area contributed by atoms with Gasteiger partial charge < -0.3 is 15.2 Å². The monoisotopic (exact) mass is 346 g/mol. The van der Waals surface area contributed by atoms with E-state index in [0.717, 1.165) is 36.2 Å². The molecule has 0 aliphatic carbocycles. The Kier molecular flexibility index (Phi) is 5.63. The number of alkyl halides is 1. The smallest absolute Gasteiger partial charge is 0.162 e. The number of piperazine rings is 1. The van der Waals surface area contributed by atoms with Gasteiger partial charge in [0.25, 0.3) is 0 Å². The van der Waals surface area contributed by atoms with Gasteiger partial charge in [-0.2, -0.15) is 0 Å². The van der Waals surface area contributed by atoms with Gasteiger partial charge in [0.15, 0.2) is 11.5 Å². The molecule has 4 nitrogen and oxygen atoms in total. The molecule has 0 amide bonds. The molecule has 1 atom stereocenters. The second-order valence-electron chi connectivity index (χ2n) is 4.83. The molecule has 112 valence electrons. The molecule has 1 aliphatic heterocycles. The fourth-order valence-electron chi connectivity index (χ4n) is 2.64. The first-order valence-corrected chi connectivity index (χ1v) is 7.53. The molecule has 2 N–H and O–H groups in total. The Labute approximate surface area is 127 Å². The van der Waals surface area contributed by atoms with Crippen LogP contribution < -0.4 is 10.1 Å². The number of ether oxygens (including phenoxy) is 1. The number of nitrogens with zero attached hydrogens (tertiary/aromatic N) is 1. The van der Waals surface area contributed by atoms with Crippen molar-refractivity contribution in [3.8, 4) is 11.5 Å². The van der Waals surface area contributed by atoms with Crippen LogP contribution in [0.5, 0.6) is 11.5 Å². The van der Waals surface area contributed by atoms with Gasteiger partial charge in [0.05, 0.1) is 13.8 Å². The molecule has 1 aromatic rings. The number of rotatable bonds is 5. The van der Waals surface area contributed by atoms with Crippen molar-refractivity contribution in [1.82, 2.24) is 10.2 Å². The summed E-state index contributed by atoms with van der Waals surface area (Å²) in [5, 5.41) is 13.6. The van der Waals surface area contributed by atoms with Crippen LogP contribution in [-0.4, -0.2) is 50.0 Å². The normalized spacial score (nSPS) is 17.9. The fraction of sp³-hybridized carbons (Fsp3) is 0.571. The molecular formula is C14H20BrFN2O2. The summed E-state index contributed by atoms with van der Waals surface area (Å²) in [5.74, 6) is 0.515. The van der Waals surface area contributed by atoms with Crippen molar-refractivity contribution in [1.29, 1.82) is 0 Å². The standard InChI is InChI=1S/C14H20BrFN2O2/c1-20-13-9-10(15)8-11(14(13)19)12(2-3-16)18-6-4-17-5-7-18/h8-9,12,17,19H,2-7H2,1H3/t12-/m0/s1. The molecule has 0 radical (unpaired) electrons. The molecule has 2 rings (SSSR count). The van der Waals surface area contributed by atoms with E-state index in [1.165, 1.54) is 7.11 Å². The molecule has 0 aromatic heterocycles. The highest BCUT2D eigenvalue weighted by Crippen LogP contribution is 2.40. The average molecular weight is 347 g/mol. The van der Waals surface area contributed by atoms with E-state index in [1.807, 2.05) is 6.07 Å². The third kappa shape index (κ3) is 3.42. The zero-order valence-corrected chi connectivity index (χ0v) is 13.1. The molecule has 1 fully saturated rings. The predicted octanol–water partition coefficient (Wildman–Crippen LogP) is 2.47. The topological polar surface area (TPSA) is 44.7 Å². The lowest BCUT2D eigenvalue weighted by Crippen LogP contribution is -2.45. The van der Waals surface area contributed by atoms with Gasteiger partial charge in [0.2, 0.25) is 0 Å². The Balaban J connectivity index is 2.35. The highest BCUT2D eigenvalue weighted by atomic mass is 79.9. The molecule has 0 unspecified atom stereocenters. The van der Waals surface area contributed by atoms with Crippen molar-refractivity contribution in [3.05, 3.63) is 22.2 Å². The third-order valence-corrected chi connectivity index (χ3v) is 4.08. The fourth-order valence-corrected chi connectivity index (χ4v) is 3.09. The number of phenols is 1. The maximum atomic E-state index is 12.9. The molecule has 1 heterocycles. The van der Waals surface area contributed by atoms with Crippen LogP contribution in [0.2, 0.25) is 0 Å². The Morgan fingerprint density at radius 3 is 2.75 bits per heavy atom. The summed E-state index contributed by atoms with van der Waals surface area (Å²) in [5.41, 5.74) is 0.718. The first kappa shape index (κ1) is 15.5. The van der Waals surface area contributed by atoms with Crippen molar-refractivity contribution >= 4 is 15.9 Å². The minimum absolute atomic E-state index is 0.104. The van der Waals surface area contributed by atoms with Crippen molar-refractivity contribution in [2.24, 2.45) is 0 Å². The van der Waals surface area contributed by atoms with Crippen LogP contribution in [0.3, 0.4) is 0 Å². The lowest BCUT2D eigenvalue weighted by atomic mass is 10.00. The van der Waals surface area contributed by atoms with E-state index in [1.54, 1.807) is 6.07 Å². The van der Waals surface area contributed by atoms with Crippen molar-refractivity contribution in [3.63, 3.8) is 0 Å². The van der Waals surface area contributed by atoms with Crippen LogP contribution in [-0.2, 0) is 0 Å². The number of hydrogen-bond donors (Lipinski definition) is 2. The van der Waals surface area contributed by atoms with Crippen molar-refractivity contribution < 1.29 is 14.2 Å². The summed E-state index contributed by atoms with van der Waals surface area (Å²) in [6.45, 7) is 3.05. The Bertz CT molecular complexity index is 453. The van der Waals surface area contributed by atoms with E-state index in [-0.39, 0.29) is 11.8 Å². The summed E-state index contributed by atoms with van der Waals surface area (Å²) in [6.07, 6.45) is 0.368. The highest BCUT2D eigenvalue weighted by Gasteiger charge is 2.26. The van der Waals surface area contributed by atoms with Gasteiger partial charge in [-0.15, -0.1) is 0 Å². The van der Waals surface area contributed by atoms with Crippen molar-refractivity contribution in [2.75, 3.05) is 40.0 Å². The van der Waals surface area contributed by atoms with Crippen LogP contribution in [0.25, 0.3) is 0 Å². The summed E-state index contributed by atoms with van der Waals surface area (Å²) in [7, 11) is 1.51. The molecule has 1 aromatic carbocycles. The number of methoxy groups -OCH3 is 1. The number of nitrogens with one attached hydrogen (secondary N) is 1. The molecule has 6 heteroatoms. The number of aromatic hydroxyl groups is 1. The van der Waals surface area contributed by atoms with Crippen LogP contribution in [0.1, 0.15) is 18.0 Å². The first-order valence-electron chi connectivity index (χ1n) is 6.74.